The molecule has 0 bridgehead atoms. The first-order chi connectivity index (χ1) is 11.9. The molecule has 1 heterocycles. The highest BCUT2D eigenvalue weighted by atomic mass is 16.5. The smallest absolute Gasteiger partial charge is 0.345 e. The predicted octanol–water partition coefficient (Wildman–Crippen LogP) is 5.65. The molecule has 0 radical (unpaired) electrons. The van der Waals surface area contributed by atoms with E-state index in [0.717, 1.165) is 5.56 Å². The highest BCUT2D eigenvalue weighted by Gasteiger charge is 2.24. The molecule has 1 aromatic heterocycles. The first-order valence-corrected chi connectivity index (χ1v) is 9.22. The molecule has 3 rings (SSSR count). The number of ether oxygens (including phenoxy) is 1. The molecule has 1 aromatic carbocycles. The van der Waals surface area contributed by atoms with Crippen LogP contribution in [0.3, 0.4) is 0 Å². The van der Waals surface area contributed by atoms with Crippen LogP contribution in [0.15, 0.2) is 42.7 Å². The largest absolute Gasteiger partial charge is 0.423 e. The number of esters is 1. The van der Waals surface area contributed by atoms with Gasteiger partial charge in [0, 0.05) is 18.0 Å². The third kappa shape index (κ3) is 4.28. The molecule has 0 aliphatic heterocycles. The standard InChI is InChI=1S/C22H27NO2/c1-22(2,3)19-14-17(16-8-5-4-6-9-16)11-12-20(19)25-21(24)18-10-7-13-23-15-18/h7,10-16H,4-6,8-9H2,1-3H3. The minimum Gasteiger partial charge on any atom is -0.423 e. The fraction of sp³-hybridized carbons (Fsp3) is 0.455. The molecule has 1 aliphatic carbocycles. The van der Waals surface area contributed by atoms with Crippen molar-refractivity contribution in [1.29, 1.82) is 0 Å². The Labute approximate surface area is 150 Å². The van der Waals surface area contributed by atoms with Crippen molar-refractivity contribution < 1.29 is 9.53 Å². The molecular weight excluding hydrogens is 310 g/mol. The monoisotopic (exact) mass is 337 g/mol. The lowest BCUT2D eigenvalue weighted by Gasteiger charge is -2.27. The number of carbonyl (C=O) groups excluding carboxylic acids is 1. The summed E-state index contributed by atoms with van der Waals surface area (Å²) in [6, 6.07) is 9.83. The average molecular weight is 337 g/mol. The van der Waals surface area contributed by atoms with E-state index in [1.165, 1.54) is 43.9 Å². The summed E-state index contributed by atoms with van der Waals surface area (Å²) in [4.78, 5) is 16.4. The van der Waals surface area contributed by atoms with E-state index < -0.39 is 0 Å². The Morgan fingerprint density at radius 3 is 2.52 bits per heavy atom. The van der Waals surface area contributed by atoms with Crippen molar-refractivity contribution in [2.75, 3.05) is 0 Å². The third-order valence-electron chi connectivity index (χ3n) is 4.99. The minimum absolute atomic E-state index is 0.0881. The zero-order valence-corrected chi connectivity index (χ0v) is 15.4. The molecule has 0 amide bonds. The zero-order chi connectivity index (χ0) is 17.9. The van der Waals surface area contributed by atoms with Gasteiger partial charge in [0.05, 0.1) is 5.56 Å². The van der Waals surface area contributed by atoms with Crippen LogP contribution in [0.2, 0.25) is 0 Å². The molecule has 0 N–H and O–H groups in total. The number of carbonyl (C=O) groups is 1. The van der Waals surface area contributed by atoms with Crippen LogP contribution < -0.4 is 4.74 Å². The Bertz CT molecular complexity index is 725. The summed E-state index contributed by atoms with van der Waals surface area (Å²) in [6.07, 6.45) is 9.69. The van der Waals surface area contributed by atoms with Gasteiger partial charge in [-0.1, -0.05) is 52.2 Å². The van der Waals surface area contributed by atoms with Gasteiger partial charge in [-0.05, 0) is 47.9 Å². The topological polar surface area (TPSA) is 39.2 Å². The highest BCUT2D eigenvalue weighted by molar-refractivity contribution is 5.90. The van der Waals surface area contributed by atoms with Crippen LogP contribution in [-0.2, 0) is 5.41 Å². The van der Waals surface area contributed by atoms with Crippen molar-refractivity contribution >= 4 is 5.97 Å². The summed E-state index contributed by atoms with van der Waals surface area (Å²) >= 11 is 0. The lowest BCUT2D eigenvalue weighted by molar-refractivity contribution is 0.0731. The molecule has 0 saturated heterocycles. The van der Waals surface area contributed by atoms with Gasteiger partial charge in [0.15, 0.2) is 0 Å². The van der Waals surface area contributed by atoms with Crippen molar-refractivity contribution in [1.82, 2.24) is 4.98 Å². The van der Waals surface area contributed by atoms with Crippen molar-refractivity contribution in [3.63, 3.8) is 0 Å². The van der Waals surface area contributed by atoms with Crippen LogP contribution >= 0.6 is 0 Å². The number of aromatic nitrogens is 1. The summed E-state index contributed by atoms with van der Waals surface area (Å²) in [7, 11) is 0. The Hall–Kier alpha value is -2.16. The van der Waals surface area contributed by atoms with Crippen molar-refractivity contribution in [3.05, 3.63) is 59.4 Å². The molecule has 3 nitrogen and oxygen atoms in total. The lowest BCUT2D eigenvalue weighted by atomic mass is 9.80. The SMILES string of the molecule is CC(C)(C)c1cc(C2CCCCC2)ccc1OC(=O)c1cccnc1. The molecule has 132 valence electrons. The molecule has 25 heavy (non-hydrogen) atoms. The summed E-state index contributed by atoms with van der Waals surface area (Å²) in [5, 5.41) is 0. The van der Waals surface area contributed by atoms with E-state index >= 15 is 0 Å². The summed E-state index contributed by atoms with van der Waals surface area (Å²) < 4.78 is 5.72. The van der Waals surface area contributed by atoms with Gasteiger partial charge in [-0.2, -0.15) is 0 Å². The van der Waals surface area contributed by atoms with E-state index in [9.17, 15) is 4.79 Å². The zero-order valence-electron chi connectivity index (χ0n) is 15.4. The molecule has 3 heteroatoms. The number of hydrogen-bond donors (Lipinski definition) is 0. The van der Waals surface area contributed by atoms with E-state index in [4.69, 9.17) is 4.74 Å². The Balaban J connectivity index is 1.89. The second-order valence-electron chi connectivity index (χ2n) is 7.97. The van der Waals surface area contributed by atoms with Gasteiger partial charge in [-0.25, -0.2) is 4.79 Å². The van der Waals surface area contributed by atoms with E-state index in [-0.39, 0.29) is 11.4 Å². The first-order valence-electron chi connectivity index (χ1n) is 9.22. The highest BCUT2D eigenvalue weighted by Crippen LogP contribution is 2.38. The molecule has 0 spiro atoms. The van der Waals surface area contributed by atoms with Gasteiger partial charge in [-0.15, -0.1) is 0 Å². The molecule has 1 fully saturated rings. The third-order valence-corrected chi connectivity index (χ3v) is 4.99. The van der Waals surface area contributed by atoms with Gasteiger partial charge in [0.2, 0.25) is 0 Å². The number of hydrogen-bond acceptors (Lipinski definition) is 3. The van der Waals surface area contributed by atoms with E-state index in [1.807, 2.05) is 6.07 Å². The second-order valence-corrected chi connectivity index (χ2v) is 7.97. The van der Waals surface area contributed by atoms with Crippen LogP contribution in [0.5, 0.6) is 5.75 Å². The minimum atomic E-state index is -0.357. The molecule has 1 saturated carbocycles. The van der Waals surface area contributed by atoms with Gasteiger partial charge < -0.3 is 4.74 Å². The van der Waals surface area contributed by atoms with Crippen LogP contribution in [-0.4, -0.2) is 11.0 Å². The molecule has 2 aromatic rings. The normalized spacial score (nSPS) is 15.8. The predicted molar refractivity (Wildman–Crippen MR) is 100 cm³/mol. The lowest BCUT2D eigenvalue weighted by Crippen LogP contribution is -2.17. The van der Waals surface area contributed by atoms with E-state index in [2.05, 4.69) is 37.9 Å². The van der Waals surface area contributed by atoms with Crippen LogP contribution in [0, 0.1) is 0 Å². The van der Waals surface area contributed by atoms with Gasteiger partial charge in [0.25, 0.3) is 0 Å². The van der Waals surface area contributed by atoms with Crippen molar-refractivity contribution in [3.8, 4) is 5.75 Å². The van der Waals surface area contributed by atoms with Crippen LogP contribution in [0.25, 0.3) is 0 Å². The van der Waals surface area contributed by atoms with Crippen LogP contribution in [0.1, 0.15) is 80.3 Å². The fourth-order valence-electron chi connectivity index (χ4n) is 3.55. The Kier molecular flexibility index (Phi) is 5.22. The Morgan fingerprint density at radius 2 is 1.88 bits per heavy atom. The molecule has 1 aliphatic rings. The summed E-state index contributed by atoms with van der Waals surface area (Å²) in [5.74, 6) is 0.933. The van der Waals surface area contributed by atoms with Gasteiger partial charge in [-0.3, -0.25) is 4.98 Å². The molecule has 0 atom stereocenters. The number of benzene rings is 1. The maximum absolute atomic E-state index is 12.4. The maximum atomic E-state index is 12.4. The summed E-state index contributed by atoms with van der Waals surface area (Å²) in [5.41, 5.74) is 2.85. The van der Waals surface area contributed by atoms with Gasteiger partial charge in [0.1, 0.15) is 5.75 Å². The van der Waals surface area contributed by atoms with Crippen molar-refractivity contribution in [2.45, 2.75) is 64.2 Å². The maximum Gasteiger partial charge on any atom is 0.345 e. The van der Waals surface area contributed by atoms with Crippen molar-refractivity contribution in [2.24, 2.45) is 0 Å². The number of rotatable bonds is 3. The molecular formula is C22H27NO2. The molecule has 0 unspecified atom stereocenters. The number of nitrogens with zero attached hydrogens (tertiary/aromatic N) is 1. The average Bonchev–Trinajstić information content (AvgIpc) is 2.62. The van der Waals surface area contributed by atoms with E-state index in [1.54, 1.807) is 18.3 Å². The van der Waals surface area contributed by atoms with Crippen LogP contribution in [0.4, 0.5) is 0 Å². The van der Waals surface area contributed by atoms with E-state index in [0.29, 0.717) is 17.2 Å². The van der Waals surface area contributed by atoms with Gasteiger partial charge >= 0.3 is 5.97 Å². The number of pyridine rings is 1. The first kappa shape index (κ1) is 17.7. The fourth-order valence-corrected chi connectivity index (χ4v) is 3.55. The Morgan fingerprint density at radius 1 is 1.12 bits per heavy atom. The summed E-state index contributed by atoms with van der Waals surface area (Å²) in [6.45, 7) is 6.48. The quantitative estimate of drug-likeness (QED) is 0.537. The second kappa shape index (κ2) is 7.38.